The van der Waals surface area contributed by atoms with Gasteiger partial charge in [0.1, 0.15) is 0 Å². The molecule has 0 rings (SSSR count). The van der Waals surface area contributed by atoms with Gasteiger partial charge in [0.15, 0.2) is 16.3 Å². The lowest BCUT2D eigenvalue weighted by Crippen LogP contribution is -1.63. The fourth-order valence-electron chi connectivity index (χ4n) is 0.0141. The maximum absolute atomic E-state index is 7.44. The van der Waals surface area contributed by atoms with Crippen molar-refractivity contribution in [1.29, 1.82) is 5.26 Å². The van der Waals surface area contributed by atoms with E-state index in [0.717, 1.165) is 0 Å². The number of nitrogens with zero attached hydrogens (tertiary/aromatic N) is 1. The van der Waals surface area contributed by atoms with Gasteiger partial charge in [-0.2, -0.15) is 0 Å². The largest absolute Gasteiger partial charge is 0.326 e. The van der Waals surface area contributed by atoms with E-state index in [1.165, 1.54) is 6.26 Å². The summed E-state index contributed by atoms with van der Waals surface area (Å²) in [6.07, 6.45) is 1.25. The van der Waals surface area contributed by atoms with Crippen LogP contribution in [0.1, 0.15) is 0 Å². The average Bonchev–Trinajstić information content (AvgIpc) is 1.41. The van der Waals surface area contributed by atoms with E-state index in [-0.39, 0.29) is 0 Å². The maximum Gasteiger partial charge on any atom is 0.326 e. The molecule has 0 aromatic heterocycles. The molecule has 0 N–H and O–H groups in total. The average molecular weight is 138 g/mol. The van der Waals surface area contributed by atoms with Crippen molar-refractivity contribution in [2.24, 2.45) is 0 Å². The molecule has 0 aliphatic carbocycles. The van der Waals surface area contributed by atoms with Crippen molar-refractivity contribution in [3.05, 3.63) is 0 Å². The molecule has 0 saturated carbocycles. The smallest absolute Gasteiger partial charge is 0.242 e. The van der Waals surface area contributed by atoms with Gasteiger partial charge in [0.2, 0.25) is 0 Å². The molecule has 0 atom stereocenters. The van der Waals surface area contributed by atoms with Crippen LogP contribution in [-0.2, 0) is 8.87 Å². The van der Waals surface area contributed by atoms with Crippen molar-refractivity contribution in [3.8, 4) is 6.26 Å². The third-order valence-corrected chi connectivity index (χ3v) is 0.201. The minimum atomic E-state index is 1.25. The molecule has 28 valence electrons. The van der Waals surface area contributed by atoms with Crippen LogP contribution in [-0.4, -0.2) is 0 Å². The summed E-state index contributed by atoms with van der Waals surface area (Å²) in [6.45, 7) is 0. The molecule has 0 radical (unpaired) electrons. The van der Waals surface area contributed by atoms with Crippen molar-refractivity contribution < 1.29 is 8.87 Å². The van der Waals surface area contributed by atoms with Crippen molar-refractivity contribution in [1.82, 2.24) is 0 Å². The Kier molecular flexibility index (Phi) is 3.53. The van der Waals surface area contributed by atoms with Crippen LogP contribution in [0.2, 0.25) is 0 Å². The molecule has 0 aromatic rings. The van der Waals surface area contributed by atoms with E-state index in [1.807, 2.05) is 0 Å². The van der Waals surface area contributed by atoms with E-state index in [4.69, 9.17) is 5.26 Å². The molecule has 0 bridgehead atoms. The Morgan fingerprint density at radius 1 is 1.80 bits per heavy atom. The topological polar surface area (TPSA) is 42.2 Å². The molecule has 0 aromatic carbocycles. The minimum Gasteiger partial charge on any atom is -0.242 e. The van der Waals surface area contributed by atoms with Gasteiger partial charge in [-0.15, -0.1) is 5.26 Å². The molecule has 0 aliphatic rings. The molecule has 0 saturated heterocycles. The van der Waals surface area contributed by atoms with Crippen LogP contribution in [0.3, 0.4) is 0 Å². The predicted molar refractivity (Wildman–Crippen MR) is 16.7 cm³/mol. The Labute approximate surface area is 37.5 Å². The molecule has 5 heavy (non-hydrogen) atoms. The lowest BCUT2D eigenvalue weighted by Gasteiger charge is -1.71. The van der Waals surface area contributed by atoms with E-state index in [0.29, 0.717) is 0 Å². The second-order valence-corrected chi connectivity index (χ2v) is 0.502. The highest BCUT2D eigenvalue weighted by Gasteiger charge is 1.63. The van der Waals surface area contributed by atoms with Crippen LogP contribution >= 0.6 is 16.3 Å². The van der Waals surface area contributed by atoms with E-state index in [1.54, 1.807) is 0 Å². The van der Waals surface area contributed by atoms with Crippen molar-refractivity contribution in [2.75, 3.05) is 0 Å². The number of halogens is 1. The van der Waals surface area contributed by atoms with Gasteiger partial charge in [0.05, 0.1) is 0 Å². The molecular formula is CBrNO2. The lowest BCUT2D eigenvalue weighted by atomic mass is 11.6. The second kappa shape index (κ2) is 3.73. The molecule has 4 heteroatoms. The summed E-state index contributed by atoms with van der Waals surface area (Å²) in [6, 6.07) is 0. The Morgan fingerprint density at radius 2 is 2.40 bits per heavy atom. The van der Waals surface area contributed by atoms with Crippen molar-refractivity contribution >= 4 is 16.3 Å². The summed E-state index contributed by atoms with van der Waals surface area (Å²) in [5.41, 5.74) is 0. The van der Waals surface area contributed by atoms with Gasteiger partial charge < -0.3 is 0 Å². The predicted octanol–water partition coefficient (Wildman–Crippen LogP) is 0.726. The van der Waals surface area contributed by atoms with Crippen LogP contribution < -0.4 is 0 Å². The van der Waals surface area contributed by atoms with E-state index in [2.05, 4.69) is 25.1 Å². The standard InChI is InChI=1S/CBrNO2/c2-5-4-1-3. The molecular weight excluding hydrogens is 138 g/mol. The zero-order chi connectivity index (χ0) is 4.12. The Hall–Kier alpha value is -0.270. The van der Waals surface area contributed by atoms with E-state index >= 15 is 0 Å². The first-order valence-electron chi connectivity index (χ1n) is 0.749. The number of nitriles is 1. The third kappa shape index (κ3) is 3.73. The Morgan fingerprint density at radius 3 is 2.40 bits per heavy atom. The van der Waals surface area contributed by atoms with E-state index < -0.39 is 0 Å². The van der Waals surface area contributed by atoms with Crippen LogP contribution in [0.25, 0.3) is 0 Å². The fraction of sp³-hybridized carbons (Fsp3) is 0. The number of rotatable bonds is 1. The van der Waals surface area contributed by atoms with Gasteiger partial charge in [-0.05, 0) is 0 Å². The molecule has 0 amide bonds. The first kappa shape index (κ1) is 4.73. The van der Waals surface area contributed by atoms with Crippen molar-refractivity contribution in [3.63, 3.8) is 0 Å². The van der Waals surface area contributed by atoms with Gasteiger partial charge in [-0.3, -0.25) is 0 Å². The molecule has 0 fully saturated rings. The van der Waals surface area contributed by atoms with Crippen molar-refractivity contribution in [2.45, 2.75) is 0 Å². The Balaban J connectivity index is 2.48. The van der Waals surface area contributed by atoms with Gasteiger partial charge in [-0.1, -0.05) is 3.98 Å². The maximum atomic E-state index is 7.44. The summed E-state index contributed by atoms with van der Waals surface area (Å²) in [5.74, 6) is 0. The van der Waals surface area contributed by atoms with Gasteiger partial charge in [0.25, 0.3) is 0 Å². The zero-order valence-electron chi connectivity index (χ0n) is 2.14. The van der Waals surface area contributed by atoms with Crippen LogP contribution in [0.15, 0.2) is 0 Å². The fourth-order valence-corrected chi connectivity index (χ4v) is 0.0732. The normalized spacial score (nSPS) is 5.60. The van der Waals surface area contributed by atoms with Gasteiger partial charge in [-0.25, -0.2) is 4.89 Å². The first-order valence-corrected chi connectivity index (χ1v) is 1.40. The quantitative estimate of drug-likeness (QED) is 0.304. The number of hydrogen-bond donors (Lipinski definition) is 0. The molecule has 0 aliphatic heterocycles. The van der Waals surface area contributed by atoms with Crippen LogP contribution in [0.4, 0.5) is 0 Å². The van der Waals surface area contributed by atoms with E-state index in [9.17, 15) is 0 Å². The van der Waals surface area contributed by atoms with Gasteiger partial charge >= 0.3 is 6.26 Å². The highest BCUT2D eigenvalue weighted by Crippen LogP contribution is 1.80. The molecule has 0 spiro atoms. The zero-order valence-corrected chi connectivity index (χ0v) is 3.73. The Bertz CT molecular complexity index is 48.1. The van der Waals surface area contributed by atoms with Crippen LogP contribution in [0, 0.1) is 11.5 Å². The minimum absolute atomic E-state index is 1.25. The second-order valence-electron chi connectivity index (χ2n) is 0.238. The summed E-state index contributed by atoms with van der Waals surface area (Å²) < 4.78 is 3.64. The highest BCUT2D eigenvalue weighted by molar-refractivity contribution is 9.05. The molecule has 0 heterocycles. The number of hydrogen-bond acceptors (Lipinski definition) is 3. The highest BCUT2D eigenvalue weighted by atomic mass is 79.9. The van der Waals surface area contributed by atoms with Crippen LogP contribution in [0.5, 0.6) is 0 Å². The summed E-state index contributed by atoms with van der Waals surface area (Å²) in [5, 5.41) is 7.44. The van der Waals surface area contributed by atoms with Gasteiger partial charge in [0, 0.05) is 0 Å². The summed E-state index contributed by atoms with van der Waals surface area (Å²) in [7, 11) is 0. The monoisotopic (exact) mass is 137 g/mol. The lowest BCUT2D eigenvalue weighted by molar-refractivity contribution is -0.104. The summed E-state index contributed by atoms with van der Waals surface area (Å²) in [4.78, 5) is 3.56. The molecule has 3 nitrogen and oxygen atoms in total. The molecule has 0 unspecified atom stereocenters. The first-order chi connectivity index (χ1) is 2.41. The summed E-state index contributed by atoms with van der Waals surface area (Å²) >= 11 is 2.36. The SMILES string of the molecule is N#COOBr. The third-order valence-electron chi connectivity index (χ3n) is 0.0688.